The molecule has 0 radical (unpaired) electrons. The van der Waals surface area contributed by atoms with E-state index in [0.717, 1.165) is 23.9 Å². The second kappa shape index (κ2) is 6.19. The van der Waals surface area contributed by atoms with Crippen molar-refractivity contribution in [3.8, 4) is 0 Å². The minimum Gasteiger partial charge on any atom is -0.314 e. The van der Waals surface area contributed by atoms with E-state index in [1.165, 1.54) is 51.7 Å². The van der Waals surface area contributed by atoms with Crippen molar-refractivity contribution < 1.29 is 0 Å². The Morgan fingerprint density at radius 2 is 1.82 bits per heavy atom. The van der Waals surface area contributed by atoms with Crippen molar-refractivity contribution in [2.45, 2.75) is 65.0 Å². The molecule has 17 heavy (non-hydrogen) atoms. The maximum absolute atomic E-state index is 3.80. The van der Waals surface area contributed by atoms with Crippen molar-refractivity contribution >= 4 is 0 Å². The quantitative estimate of drug-likeness (QED) is 0.792. The Morgan fingerprint density at radius 3 is 2.41 bits per heavy atom. The van der Waals surface area contributed by atoms with Gasteiger partial charge in [-0.1, -0.05) is 12.8 Å². The third kappa shape index (κ3) is 3.69. The van der Waals surface area contributed by atoms with E-state index in [-0.39, 0.29) is 0 Å². The second-order valence-corrected chi connectivity index (χ2v) is 6.48. The Kier molecular flexibility index (Phi) is 4.87. The number of hydrogen-bond acceptors (Lipinski definition) is 2. The Labute approximate surface area is 107 Å². The van der Waals surface area contributed by atoms with Gasteiger partial charge < -0.3 is 10.2 Å². The molecule has 2 fully saturated rings. The van der Waals surface area contributed by atoms with Crippen LogP contribution in [-0.4, -0.2) is 36.6 Å². The average molecular weight is 238 g/mol. The summed E-state index contributed by atoms with van der Waals surface area (Å²) in [6.07, 6.45) is 7.22. The van der Waals surface area contributed by atoms with Gasteiger partial charge in [0, 0.05) is 18.6 Å². The van der Waals surface area contributed by atoms with Gasteiger partial charge in [0.05, 0.1) is 0 Å². The molecule has 1 N–H and O–H groups in total. The summed E-state index contributed by atoms with van der Waals surface area (Å²) in [6.45, 7) is 10.9. The molecule has 2 rings (SSSR count). The highest BCUT2D eigenvalue weighted by atomic mass is 15.2. The molecular weight excluding hydrogens is 208 g/mol. The lowest BCUT2D eigenvalue weighted by Gasteiger charge is -2.23. The number of nitrogens with one attached hydrogen (secondary N) is 1. The summed E-state index contributed by atoms with van der Waals surface area (Å²) in [4.78, 5) is 2.62. The van der Waals surface area contributed by atoms with Crippen LogP contribution in [0.5, 0.6) is 0 Å². The summed E-state index contributed by atoms with van der Waals surface area (Å²) in [7, 11) is 0. The Morgan fingerprint density at radius 1 is 1.12 bits per heavy atom. The molecule has 2 nitrogen and oxygen atoms in total. The fourth-order valence-corrected chi connectivity index (χ4v) is 3.47. The van der Waals surface area contributed by atoms with Crippen LogP contribution in [0.3, 0.4) is 0 Å². The minimum absolute atomic E-state index is 0.729. The largest absolute Gasteiger partial charge is 0.314 e. The first-order valence-electron chi connectivity index (χ1n) is 7.64. The van der Waals surface area contributed by atoms with Gasteiger partial charge >= 0.3 is 0 Å². The highest BCUT2D eigenvalue weighted by Gasteiger charge is 2.26. The molecule has 1 aliphatic heterocycles. The van der Waals surface area contributed by atoms with Gasteiger partial charge in [0.15, 0.2) is 0 Å². The van der Waals surface area contributed by atoms with Crippen LogP contribution in [0.2, 0.25) is 0 Å². The molecule has 0 amide bonds. The molecule has 2 aliphatic rings. The van der Waals surface area contributed by atoms with Crippen LogP contribution < -0.4 is 5.32 Å². The molecule has 0 spiro atoms. The number of nitrogens with zero attached hydrogens (tertiary/aromatic N) is 1. The van der Waals surface area contributed by atoms with Gasteiger partial charge in [-0.15, -0.1) is 0 Å². The van der Waals surface area contributed by atoms with Gasteiger partial charge in [0.25, 0.3) is 0 Å². The van der Waals surface area contributed by atoms with E-state index in [4.69, 9.17) is 0 Å². The zero-order valence-electron chi connectivity index (χ0n) is 11.9. The molecule has 0 aromatic carbocycles. The molecule has 0 bridgehead atoms. The molecule has 2 heteroatoms. The molecule has 1 saturated heterocycles. The predicted octanol–water partition coefficient (Wildman–Crippen LogP) is 2.89. The minimum atomic E-state index is 0.729. The van der Waals surface area contributed by atoms with E-state index in [9.17, 15) is 0 Å². The van der Waals surface area contributed by atoms with E-state index >= 15 is 0 Å². The van der Waals surface area contributed by atoms with Crippen molar-refractivity contribution in [3.63, 3.8) is 0 Å². The summed E-state index contributed by atoms with van der Waals surface area (Å²) >= 11 is 0. The highest BCUT2D eigenvalue weighted by molar-refractivity contribution is 4.82. The lowest BCUT2D eigenvalue weighted by molar-refractivity contribution is 0.260. The monoisotopic (exact) mass is 238 g/mol. The van der Waals surface area contributed by atoms with E-state index in [1.54, 1.807) is 0 Å². The van der Waals surface area contributed by atoms with Crippen molar-refractivity contribution in [1.82, 2.24) is 10.2 Å². The van der Waals surface area contributed by atoms with Crippen LogP contribution in [0.1, 0.15) is 52.9 Å². The molecule has 2 atom stereocenters. The molecule has 1 aliphatic carbocycles. The molecule has 1 heterocycles. The van der Waals surface area contributed by atoms with Crippen molar-refractivity contribution in [2.24, 2.45) is 11.8 Å². The number of rotatable bonds is 5. The van der Waals surface area contributed by atoms with E-state index in [2.05, 4.69) is 31.0 Å². The molecule has 100 valence electrons. The molecule has 2 unspecified atom stereocenters. The maximum Gasteiger partial charge on any atom is 0.00671 e. The van der Waals surface area contributed by atoms with Gasteiger partial charge in [-0.25, -0.2) is 0 Å². The third-order valence-electron chi connectivity index (χ3n) is 4.88. The Bertz CT molecular complexity index is 221. The predicted molar refractivity (Wildman–Crippen MR) is 74.2 cm³/mol. The molecule has 0 aromatic rings. The topological polar surface area (TPSA) is 15.3 Å². The first kappa shape index (κ1) is 13.4. The lowest BCUT2D eigenvalue weighted by atomic mass is 9.99. The van der Waals surface area contributed by atoms with E-state index < -0.39 is 0 Å². The Hall–Kier alpha value is -0.0800. The normalized spacial score (nSPS) is 29.3. The molecular formula is C15H30N2. The zero-order chi connectivity index (χ0) is 12.3. The van der Waals surface area contributed by atoms with Gasteiger partial charge in [-0.05, 0) is 65.0 Å². The fourth-order valence-electron chi connectivity index (χ4n) is 3.47. The van der Waals surface area contributed by atoms with Crippen LogP contribution in [-0.2, 0) is 0 Å². The van der Waals surface area contributed by atoms with Gasteiger partial charge in [-0.2, -0.15) is 0 Å². The van der Waals surface area contributed by atoms with Crippen molar-refractivity contribution in [3.05, 3.63) is 0 Å². The first-order chi connectivity index (χ1) is 8.16. The van der Waals surface area contributed by atoms with Crippen molar-refractivity contribution in [1.29, 1.82) is 0 Å². The summed E-state index contributed by atoms with van der Waals surface area (Å²) in [5.41, 5.74) is 0. The van der Waals surface area contributed by atoms with Crippen LogP contribution in [0, 0.1) is 11.8 Å². The van der Waals surface area contributed by atoms with Crippen molar-refractivity contribution in [2.75, 3.05) is 19.6 Å². The first-order valence-corrected chi connectivity index (χ1v) is 7.64. The number of hydrogen-bond donors (Lipinski definition) is 1. The van der Waals surface area contributed by atoms with Gasteiger partial charge in [0.2, 0.25) is 0 Å². The standard InChI is InChI=1S/C15H30N2/c1-12(2)17-9-8-14(11-17)10-16-13(3)15-6-4-5-7-15/h12-16H,4-11H2,1-3H3. The average Bonchev–Trinajstić information content (AvgIpc) is 2.97. The fraction of sp³-hybridized carbons (Fsp3) is 1.00. The van der Waals surface area contributed by atoms with Crippen LogP contribution in [0.15, 0.2) is 0 Å². The van der Waals surface area contributed by atoms with Crippen LogP contribution in [0.4, 0.5) is 0 Å². The second-order valence-electron chi connectivity index (χ2n) is 6.48. The van der Waals surface area contributed by atoms with Gasteiger partial charge in [-0.3, -0.25) is 0 Å². The third-order valence-corrected chi connectivity index (χ3v) is 4.88. The number of likely N-dealkylation sites (tertiary alicyclic amines) is 1. The van der Waals surface area contributed by atoms with Crippen LogP contribution >= 0.6 is 0 Å². The summed E-state index contributed by atoms with van der Waals surface area (Å²) < 4.78 is 0. The summed E-state index contributed by atoms with van der Waals surface area (Å²) in [5, 5.41) is 3.80. The highest BCUT2D eigenvalue weighted by Crippen LogP contribution is 2.27. The van der Waals surface area contributed by atoms with E-state index in [0.29, 0.717) is 0 Å². The molecule has 0 aromatic heterocycles. The maximum atomic E-state index is 3.80. The summed E-state index contributed by atoms with van der Waals surface area (Å²) in [5.74, 6) is 1.85. The summed E-state index contributed by atoms with van der Waals surface area (Å²) in [6, 6.07) is 1.47. The van der Waals surface area contributed by atoms with E-state index in [1.807, 2.05) is 0 Å². The molecule has 1 saturated carbocycles. The lowest BCUT2D eigenvalue weighted by Crippen LogP contribution is -2.37. The van der Waals surface area contributed by atoms with Gasteiger partial charge in [0.1, 0.15) is 0 Å². The van der Waals surface area contributed by atoms with Crippen LogP contribution in [0.25, 0.3) is 0 Å². The zero-order valence-corrected chi connectivity index (χ0v) is 11.9. The SMILES string of the molecule is CC(NCC1CCN(C(C)C)C1)C1CCCC1. The smallest absolute Gasteiger partial charge is 0.00671 e. The Balaban J connectivity index is 1.65.